The molecular formula is C27H23ClN4O3. The van der Waals surface area contributed by atoms with Crippen molar-refractivity contribution in [3.8, 4) is 22.8 Å². The third-order valence-electron chi connectivity index (χ3n) is 6.01. The number of aromatic hydroxyl groups is 1. The van der Waals surface area contributed by atoms with Crippen LogP contribution in [0.3, 0.4) is 0 Å². The minimum Gasteiger partial charge on any atom is -0.507 e. The lowest BCUT2D eigenvalue weighted by Gasteiger charge is -2.27. The highest BCUT2D eigenvalue weighted by Gasteiger charge is 2.42. The number of aromatic nitrogens is 3. The molecule has 0 bridgehead atoms. The van der Waals surface area contributed by atoms with Gasteiger partial charge < -0.3 is 14.7 Å². The van der Waals surface area contributed by atoms with E-state index in [1.807, 2.05) is 43.3 Å². The second kappa shape index (κ2) is 9.27. The number of nitrogens with one attached hydrogen (secondary N) is 1. The maximum atomic E-state index is 13.6. The molecule has 0 saturated carbocycles. The molecule has 2 N–H and O–H groups in total. The second-order valence-electron chi connectivity index (χ2n) is 8.35. The number of pyridine rings is 1. The molecule has 2 aromatic carbocycles. The number of rotatable bonds is 7. The van der Waals surface area contributed by atoms with Gasteiger partial charge in [-0.25, -0.2) is 0 Å². The Morgan fingerprint density at radius 2 is 2.11 bits per heavy atom. The van der Waals surface area contributed by atoms with Crippen molar-refractivity contribution in [2.45, 2.75) is 19.5 Å². The Kier molecular flexibility index (Phi) is 6.01. The van der Waals surface area contributed by atoms with E-state index >= 15 is 0 Å². The molecule has 4 aromatic rings. The van der Waals surface area contributed by atoms with Gasteiger partial charge in [0.15, 0.2) is 0 Å². The van der Waals surface area contributed by atoms with Gasteiger partial charge in [0, 0.05) is 35.1 Å². The van der Waals surface area contributed by atoms with E-state index in [2.05, 4.69) is 21.8 Å². The van der Waals surface area contributed by atoms with E-state index in [9.17, 15) is 9.90 Å². The molecule has 0 radical (unpaired) electrons. The van der Waals surface area contributed by atoms with Gasteiger partial charge in [-0.3, -0.25) is 14.9 Å². The summed E-state index contributed by atoms with van der Waals surface area (Å²) in [7, 11) is 0. The Balaban J connectivity index is 1.66. The minimum atomic E-state index is -0.474. The summed E-state index contributed by atoms with van der Waals surface area (Å²) in [6.07, 6.45) is 5.11. The van der Waals surface area contributed by atoms with E-state index < -0.39 is 6.04 Å². The zero-order valence-corrected chi connectivity index (χ0v) is 19.8. The van der Waals surface area contributed by atoms with Crippen molar-refractivity contribution in [2.24, 2.45) is 0 Å². The van der Waals surface area contributed by atoms with E-state index in [0.717, 1.165) is 16.7 Å². The summed E-state index contributed by atoms with van der Waals surface area (Å²) in [6.45, 7) is 6.23. The number of hydrogen-bond donors (Lipinski definition) is 2. The van der Waals surface area contributed by atoms with Crippen LogP contribution in [0.1, 0.15) is 38.8 Å². The van der Waals surface area contributed by atoms with Crippen LogP contribution in [0.25, 0.3) is 11.3 Å². The molecule has 1 aliphatic heterocycles. The molecular weight excluding hydrogens is 464 g/mol. The number of nitrogens with zero attached hydrogens (tertiary/aromatic N) is 3. The van der Waals surface area contributed by atoms with Gasteiger partial charge in [0.05, 0.1) is 6.04 Å². The Bertz CT molecular complexity index is 1420. The van der Waals surface area contributed by atoms with Crippen LogP contribution < -0.4 is 4.74 Å². The second-order valence-corrected chi connectivity index (χ2v) is 8.76. The van der Waals surface area contributed by atoms with Crippen LogP contribution >= 0.6 is 11.6 Å². The van der Waals surface area contributed by atoms with Crippen LogP contribution in [-0.2, 0) is 6.54 Å². The molecule has 0 saturated heterocycles. The van der Waals surface area contributed by atoms with Crippen molar-refractivity contribution in [2.75, 3.05) is 6.61 Å². The largest absolute Gasteiger partial charge is 0.507 e. The molecule has 0 spiro atoms. The average Bonchev–Trinajstić information content (AvgIpc) is 3.40. The summed E-state index contributed by atoms with van der Waals surface area (Å²) in [5.41, 5.74) is 4.48. The van der Waals surface area contributed by atoms with Crippen LogP contribution in [0.2, 0.25) is 5.02 Å². The maximum Gasteiger partial charge on any atom is 0.273 e. The highest BCUT2D eigenvalue weighted by molar-refractivity contribution is 6.31. The number of aromatic amines is 1. The fraction of sp³-hybridized carbons (Fsp3) is 0.148. The molecule has 176 valence electrons. The Hall–Kier alpha value is -4.10. The van der Waals surface area contributed by atoms with Crippen LogP contribution in [0.4, 0.5) is 0 Å². The van der Waals surface area contributed by atoms with Gasteiger partial charge in [-0.1, -0.05) is 42.5 Å². The minimum absolute atomic E-state index is 0.0428. The van der Waals surface area contributed by atoms with Crippen molar-refractivity contribution < 1.29 is 14.6 Å². The summed E-state index contributed by atoms with van der Waals surface area (Å²) >= 11 is 6.38. The molecule has 5 rings (SSSR count). The summed E-state index contributed by atoms with van der Waals surface area (Å²) in [5, 5.41) is 18.6. The Labute approximate surface area is 207 Å². The van der Waals surface area contributed by atoms with E-state index in [1.54, 1.807) is 35.5 Å². The van der Waals surface area contributed by atoms with Crippen molar-refractivity contribution in [1.29, 1.82) is 0 Å². The third-order valence-corrected chi connectivity index (χ3v) is 6.42. The number of carbonyl (C=O) groups excluding carboxylic acids is 1. The number of amides is 1. The highest BCUT2D eigenvalue weighted by atomic mass is 35.5. The van der Waals surface area contributed by atoms with Gasteiger partial charge in [-0.15, -0.1) is 0 Å². The zero-order chi connectivity index (χ0) is 24.5. The van der Waals surface area contributed by atoms with Crippen molar-refractivity contribution >= 4 is 17.5 Å². The normalized spacial score (nSPS) is 14.7. The first-order chi connectivity index (χ1) is 17.0. The van der Waals surface area contributed by atoms with Gasteiger partial charge in [-0.2, -0.15) is 5.10 Å². The molecule has 0 fully saturated rings. The number of carbonyl (C=O) groups is 1. The lowest BCUT2D eigenvalue weighted by atomic mass is 9.95. The average molecular weight is 487 g/mol. The number of halogens is 1. The first kappa shape index (κ1) is 22.7. The maximum absolute atomic E-state index is 13.6. The summed E-state index contributed by atoms with van der Waals surface area (Å²) in [6, 6.07) is 14.2. The number of fused-ring (bicyclic) bond motifs is 1. The monoisotopic (exact) mass is 486 g/mol. The molecule has 1 amide bonds. The van der Waals surface area contributed by atoms with Crippen molar-refractivity contribution in [1.82, 2.24) is 20.1 Å². The number of phenolic OH excluding ortho intramolecular Hbond substituents is 1. The SMILES string of the molecule is C=CCOc1cccc(C2c3c(-c4cc(Cl)c(C)cc4O)n[nH]c3C(=O)N2Cc2cccnc2)c1. The molecule has 0 aliphatic carbocycles. The van der Waals surface area contributed by atoms with Crippen molar-refractivity contribution in [3.05, 3.63) is 107 Å². The molecule has 7 nitrogen and oxygen atoms in total. The number of aryl methyl sites for hydroxylation is 1. The first-order valence-corrected chi connectivity index (χ1v) is 11.5. The lowest BCUT2D eigenvalue weighted by Crippen LogP contribution is -2.29. The number of ether oxygens (including phenoxy) is 1. The number of benzene rings is 2. The predicted octanol–water partition coefficient (Wildman–Crippen LogP) is 5.45. The van der Waals surface area contributed by atoms with Gasteiger partial charge >= 0.3 is 0 Å². The molecule has 1 aliphatic rings. The lowest BCUT2D eigenvalue weighted by molar-refractivity contribution is 0.0729. The molecule has 3 heterocycles. The quantitative estimate of drug-likeness (QED) is 0.339. The number of H-pyrrole nitrogens is 1. The summed E-state index contributed by atoms with van der Waals surface area (Å²) < 4.78 is 5.76. The van der Waals surface area contributed by atoms with Crippen molar-refractivity contribution in [3.63, 3.8) is 0 Å². The molecule has 8 heteroatoms. The molecule has 35 heavy (non-hydrogen) atoms. The van der Waals surface area contributed by atoms with Gasteiger partial charge in [0.1, 0.15) is 29.5 Å². The molecule has 1 atom stereocenters. The Morgan fingerprint density at radius 1 is 1.26 bits per heavy atom. The fourth-order valence-corrected chi connectivity index (χ4v) is 4.55. The number of hydrogen-bond acceptors (Lipinski definition) is 5. The van der Waals surface area contributed by atoms with Crippen LogP contribution in [-0.4, -0.2) is 37.7 Å². The van der Waals surface area contributed by atoms with Crippen LogP contribution in [0.5, 0.6) is 11.5 Å². The van der Waals surface area contributed by atoms with E-state index in [4.69, 9.17) is 16.3 Å². The van der Waals surface area contributed by atoms with Crippen LogP contribution in [0, 0.1) is 6.92 Å². The smallest absolute Gasteiger partial charge is 0.273 e. The first-order valence-electron chi connectivity index (χ1n) is 11.1. The third kappa shape index (κ3) is 4.15. The number of phenols is 1. The zero-order valence-electron chi connectivity index (χ0n) is 19.0. The topological polar surface area (TPSA) is 91.3 Å². The van der Waals surface area contributed by atoms with E-state index in [0.29, 0.717) is 46.4 Å². The van der Waals surface area contributed by atoms with E-state index in [-0.39, 0.29) is 11.7 Å². The highest BCUT2D eigenvalue weighted by Crippen LogP contribution is 2.46. The van der Waals surface area contributed by atoms with Crippen LogP contribution in [0.15, 0.2) is 73.6 Å². The summed E-state index contributed by atoms with van der Waals surface area (Å²) in [5.74, 6) is 0.514. The van der Waals surface area contributed by atoms with E-state index in [1.165, 1.54) is 0 Å². The van der Waals surface area contributed by atoms with Gasteiger partial charge in [0.25, 0.3) is 5.91 Å². The predicted molar refractivity (Wildman–Crippen MR) is 134 cm³/mol. The standard InChI is InChI=1S/C27H23ClN4O3/c1-3-10-35-19-8-4-7-18(12-19)26-23-24(20-13-21(28)16(2)11-22(20)33)30-31-25(23)27(34)32(26)15-17-6-5-9-29-14-17/h3-9,11-14,26,33H,1,10,15H2,2H3,(H,30,31). The fourth-order valence-electron chi connectivity index (χ4n) is 4.39. The molecule has 2 aromatic heterocycles. The molecule has 1 unspecified atom stereocenters. The van der Waals surface area contributed by atoms with Gasteiger partial charge in [-0.05, 0) is 53.9 Å². The summed E-state index contributed by atoms with van der Waals surface area (Å²) in [4.78, 5) is 19.6. The van der Waals surface area contributed by atoms with Gasteiger partial charge in [0.2, 0.25) is 0 Å². The Morgan fingerprint density at radius 3 is 2.89 bits per heavy atom.